The van der Waals surface area contributed by atoms with Crippen LogP contribution in [0.3, 0.4) is 0 Å². The van der Waals surface area contributed by atoms with Crippen molar-refractivity contribution in [3.05, 3.63) is 65.7 Å². The first-order valence-corrected chi connectivity index (χ1v) is 8.37. The summed E-state index contributed by atoms with van der Waals surface area (Å²) in [6, 6.07) is 10.3. The van der Waals surface area contributed by atoms with Gasteiger partial charge in [-0.2, -0.15) is 0 Å². The van der Waals surface area contributed by atoms with Crippen molar-refractivity contribution in [3.63, 3.8) is 0 Å². The van der Waals surface area contributed by atoms with E-state index in [-0.39, 0.29) is 11.9 Å². The SMILES string of the molecule is OC(CN(Cc1cccnc1)CC1CCCO1)c1ccccc1F. The molecule has 0 saturated carbocycles. The van der Waals surface area contributed by atoms with Crippen molar-refractivity contribution < 1.29 is 14.2 Å². The van der Waals surface area contributed by atoms with Gasteiger partial charge in [-0.05, 0) is 30.5 Å². The molecular formula is C19H23FN2O2. The number of benzene rings is 1. The van der Waals surface area contributed by atoms with Gasteiger partial charge in [0.2, 0.25) is 0 Å². The summed E-state index contributed by atoms with van der Waals surface area (Å²) in [7, 11) is 0. The molecule has 0 bridgehead atoms. The second-order valence-corrected chi connectivity index (χ2v) is 6.23. The van der Waals surface area contributed by atoms with Gasteiger partial charge in [-0.25, -0.2) is 4.39 Å². The van der Waals surface area contributed by atoms with Crippen molar-refractivity contribution in [2.24, 2.45) is 0 Å². The zero-order valence-corrected chi connectivity index (χ0v) is 13.6. The lowest BCUT2D eigenvalue weighted by Gasteiger charge is -2.27. The minimum Gasteiger partial charge on any atom is -0.387 e. The Hall–Kier alpha value is -1.82. The second kappa shape index (κ2) is 8.33. The van der Waals surface area contributed by atoms with Gasteiger partial charge < -0.3 is 9.84 Å². The number of hydrogen-bond acceptors (Lipinski definition) is 4. The number of aromatic nitrogens is 1. The molecule has 1 saturated heterocycles. The van der Waals surface area contributed by atoms with E-state index in [0.29, 0.717) is 18.7 Å². The van der Waals surface area contributed by atoms with Gasteiger partial charge in [0, 0.05) is 44.2 Å². The van der Waals surface area contributed by atoms with E-state index in [2.05, 4.69) is 9.88 Å². The minimum absolute atomic E-state index is 0.175. The Bertz CT molecular complexity index is 632. The van der Waals surface area contributed by atoms with Gasteiger partial charge in [0.25, 0.3) is 0 Å². The first kappa shape index (κ1) is 17.0. The molecule has 2 unspecified atom stereocenters. The number of ether oxygens (including phenoxy) is 1. The lowest BCUT2D eigenvalue weighted by molar-refractivity contribution is 0.0452. The van der Waals surface area contributed by atoms with Crippen LogP contribution in [0.15, 0.2) is 48.8 Å². The van der Waals surface area contributed by atoms with Crippen LogP contribution in [0.5, 0.6) is 0 Å². The quantitative estimate of drug-likeness (QED) is 0.848. The Kier molecular flexibility index (Phi) is 5.91. The minimum atomic E-state index is -0.871. The lowest BCUT2D eigenvalue weighted by Crippen LogP contribution is -2.35. The molecule has 0 aliphatic carbocycles. The molecule has 2 atom stereocenters. The van der Waals surface area contributed by atoms with Crippen molar-refractivity contribution in [2.45, 2.75) is 31.6 Å². The average Bonchev–Trinajstić information content (AvgIpc) is 3.09. The Balaban J connectivity index is 1.69. The van der Waals surface area contributed by atoms with Crippen LogP contribution >= 0.6 is 0 Å². The fraction of sp³-hybridized carbons (Fsp3) is 0.421. The third-order valence-corrected chi connectivity index (χ3v) is 4.31. The molecule has 1 aliphatic rings. The molecule has 5 heteroatoms. The Labute approximate surface area is 141 Å². The summed E-state index contributed by atoms with van der Waals surface area (Å²) in [5.41, 5.74) is 1.40. The first-order valence-electron chi connectivity index (χ1n) is 8.37. The number of aliphatic hydroxyl groups is 1. The molecule has 0 radical (unpaired) electrons. The summed E-state index contributed by atoms with van der Waals surface area (Å²) >= 11 is 0. The topological polar surface area (TPSA) is 45.6 Å². The van der Waals surface area contributed by atoms with Crippen LogP contribution in [0.4, 0.5) is 4.39 Å². The van der Waals surface area contributed by atoms with Gasteiger partial charge in [0.05, 0.1) is 12.2 Å². The first-order chi connectivity index (χ1) is 11.7. The molecule has 1 aromatic heterocycles. The monoisotopic (exact) mass is 330 g/mol. The molecule has 24 heavy (non-hydrogen) atoms. The van der Waals surface area contributed by atoms with Crippen LogP contribution < -0.4 is 0 Å². The second-order valence-electron chi connectivity index (χ2n) is 6.23. The normalized spacial score (nSPS) is 18.9. The highest BCUT2D eigenvalue weighted by Crippen LogP contribution is 2.21. The van der Waals surface area contributed by atoms with E-state index in [1.54, 1.807) is 24.4 Å². The standard InChI is InChI=1S/C19H23FN2O2/c20-18-8-2-1-7-17(18)19(23)14-22(13-16-6-4-10-24-16)12-15-5-3-9-21-11-15/h1-3,5,7-9,11,16,19,23H,4,6,10,12-14H2. The smallest absolute Gasteiger partial charge is 0.129 e. The van der Waals surface area contributed by atoms with E-state index in [4.69, 9.17) is 4.74 Å². The van der Waals surface area contributed by atoms with Gasteiger partial charge in [0.15, 0.2) is 0 Å². The Morgan fingerprint density at radius 2 is 2.17 bits per heavy atom. The van der Waals surface area contributed by atoms with Gasteiger partial charge >= 0.3 is 0 Å². The number of aliphatic hydroxyl groups excluding tert-OH is 1. The summed E-state index contributed by atoms with van der Waals surface area (Å²) in [5.74, 6) is -0.372. The summed E-state index contributed by atoms with van der Waals surface area (Å²) in [4.78, 5) is 6.26. The molecular weight excluding hydrogens is 307 g/mol. The predicted molar refractivity (Wildman–Crippen MR) is 89.8 cm³/mol. The van der Waals surface area contributed by atoms with Gasteiger partial charge in [-0.15, -0.1) is 0 Å². The maximum atomic E-state index is 13.9. The molecule has 1 N–H and O–H groups in total. The highest BCUT2D eigenvalue weighted by molar-refractivity contribution is 5.20. The molecule has 1 aromatic carbocycles. The van der Waals surface area contributed by atoms with Crippen molar-refractivity contribution in [3.8, 4) is 0 Å². The summed E-state index contributed by atoms with van der Waals surface area (Å²) < 4.78 is 19.6. The number of nitrogens with zero attached hydrogens (tertiary/aromatic N) is 2. The van der Waals surface area contributed by atoms with Crippen LogP contribution in [-0.2, 0) is 11.3 Å². The van der Waals surface area contributed by atoms with E-state index < -0.39 is 6.10 Å². The van der Waals surface area contributed by atoms with Crippen LogP contribution in [0, 0.1) is 5.82 Å². The highest BCUT2D eigenvalue weighted by atomic mass is 19.1. The number of pyridine rings is 1. The van der Waals surface area contributed by atoms with Crippen molar-refractivity contribution in [1.29, 1.82) is 0 Å². The van der Waals surface area contributed by atoms with Gasteiger partial charge in [-0.3, -0.25) is 9.88 Å². The van der Waals surface area contributed by atoms with Crippen LogP contribution in [0.2, 0.25) is 0 Å². The number of halogens is 1. The summed E-state index contributed by atoms with van der Waals surface area (Å²) in [5, 5.41) is 10.5. The molecule has 4 nitrogen and oxygen atoms in total. The van der Waals surface area contributed by atoms with E-state index in [1.165, 1.54) is 6.07 Å². The fourth-order valence-electron chi connectivity index (χ4n) is 3.12. The van der Waals surface area contributed by atoms with E-state index in [9.17, 15) is 9.50 Å². The lowest BCUT2D eigenvalue weighted by atomic mass is 10.1. The maximum Gasteiger partial charge on any atom is 0.129 e. The molecule has 1 fully saturated rings. The van der Waals surface area contributed by atoms with E-state index >= 15 is 0 Å². The zero-order chi connectivity index (χ0) is 16.8. The highest BCUT2D eigenvalue weighted by Gasteiger charge is 2.22. The van der Waals surface area contributed by atoms with Crippen LogP contribution in [-0.4, -0.2) is 40.8 Å². The average molecular weight is 330 g/mol. The van der Waals surface area contributed by atoms with Gasteiger partial charge in [-0.1, -0.05) is 24.3 Å². The fourth-order valence-corrected chi connectivity index (χ4v) is 3.12. The van der Waals surface area contributed by atoms with Crippen molar-refractivity contribution >= 4 is 0 Å². The van der Waals surface area contributed by atoms with Crippen LogP contribution in [0.25, 0.3) is 0 Å². The van der Waals surface area contributed by atoms with Crippen LogP contribution in [0.1, 0.15) is 30.1 Å². The van der Waals surface area contributed by atoms with E-state index in [1.807, 2.05) is 18.3 Å². The molecule has 3 rings (SSSR count). The summed E-state index contributed by atoms with van der Waals surface area (Å²) in [6.45, 7) is 2.52. The van der Waals surface area contributed by atoms with E-state index in [0.717, 1.165) is 31.6 Å². The molecule has 2 aromatic rings. The van der Waals surface area contributed by atoms with Crippen molar-refractivity contribution in [1.82, 2.24) is 9.88 Å². The number of rotatable bonds is 7. The van der Waals surface area contributed by atoms with Gasteiger partial charge in [0.1, 0.15) is 5.82 Å². The number of hydrogen-bond donors (Lipinski definition) is 1. The maximum absolute atomic E-state index is 13.9. The molecule has 0 amide bonds. The zero-order valence-electron chi connectivity index (χ0n) is 13.6. The molecule has 0 spiro atoms. The predicted octanol–water partition coefficient (Wildman–Crippen LogP) is 2.94. The Morgan fingerprint density at radius 3 is 2.88 bits per heavy atom. The third-order valence-electron chi connectivity index (χ3n) is 4.31. The molecule has 2 heterocycles. The molecule has 128 valence electrons. The largest absolute Gasteiger partial charge is 0.387 e. The van der Waals surface area contributed by atoms with Crippen molar-refractivity contribution in [2.75, 3.05) is 19.7 Å². The summed E-state index contributed by atoms with van der Waals surface area (Å²) in [6.07, 6.45) is 4.96. The molecule has 1 aliphatic heterocycles. The Morgan fingerprint density at radius 1 is 1.29 bits per heavy atom. The third kappa shape index (κ3) is 4.60.